The molecule has 1 atom stereocenters. The molecule has 0 aliphatic heterocycles. The molecule has 0 radical (unpaired) electrons. The van der Waals surface area contributed by atoms with Crippen molar-refractivity contribution in [1.82, 2.24) is 0 Å². The van der Waals surface area contributed by atoms with Crippen LogP contribution in [0, 0.1) is 16.0 Å². The van der Waals surface area contributed by atoms with Crippen LogP contribution < -0.4 is 10.6 Å². The van der Waals surface area contributed by atoms with E-state index in [0.29, 0.717) is 18.7 Å². The highest BCUT2D eigenvalue weighted by molar-refractivity contribution is 5.94. The molecule has 0 aromatic heterocycles. The lowest BCUT2D eigenvalue weighted by molar-refractivity contribution is -0.384. The van der Waals surface area contributed by atoms with E-state index >= 15 is 0 Å². The van der Waals surface area contributed by atoms with Gasteiger partial charge in [0.15, 0.2) is 0 Å². The van der Waals surface area contributed by atoms with E-state index in [9.17, 15) is 14.9 Å². The van der Waals surface area contributed by atoms with Gasteiger partial charge in [0.25, 0.3) is 5.69 Å². The number of nitrogens with zero attached hydrogens (tertiary/aromatic N) is 2. The number of hydrogen-bond acceptors (Lipinski definition) is 4. The standard InChI is InChI=1S/C12H17N3O3/c1-3-9(8-13)12(16)14(2)10-4-6-11(7-5-10)15(17)18/h4-7,9H,3,8,13H2,1-2H3. The van der Waals surface area contributed by atoms with Crippen LogP contribution in [0.25, 0.3) is 0 Å². The van der Waals surface area contributed by atoms with Crippen LogP contribution in [0.2, 0.25) is 0 Å². The van der Waals surface area contributed by atoms with Crippen LogP contribution in [0.3, 0.4) is 0 Å². The quantitative estimate of drug-likeness (QED) is 0.635. The number of non-ortho nitro benzene ring substituents is 1. The molecule has 18 heavy (non-hydrogen) atoms. The SMILES string of the molecule is CCC(CN)C(=O)N(C)c1ccc([N+](=O)[O-])cc1. The van der Waals surface area contributed by atoms with Gasteiger partial charge in [-0.1, -0.05) is 6.92 Å². The van der Waals surface area contributed by atoms with Gasteiger partial charge in [-0.2, -0.15) is 0 Å². The molecule has 0 bridgehead atoms. The first-order valence-electron chi connectivity index (χ1n) is 5.73. The summed E-state index contributed by atoms with van der Waals surface area (Å²) in [6.07, 6.45) is 0.673. The normalized spacial score (nSPS) is 11.9. The summed E-state index contributed by atoms with van der Waals surface area (Å²) in [6.45, 7) is 2.20. The monoisotopic (exact) mass is 251 g/mol. The maximum atomic E-state index is 12.0. The Kier molecular flexibility index (Phi) is 4.79. The number of anilines is 1. The number of amides is 1. The second-order valence-electron chi connectivity index (χ2n) is 4.01. The molecule has 1 amide bonds. The lowest BCUT2D eigenvalue weighted by Gasteiger charge is -2.22. The first-order valence-corrected chi connectivity index (χ1v) is 5.73. The third kappa shape index (κ3) is 3.04. The molecule has 6 heteroatoms. The topological polar surface area (TPSA) is 89.5 Å². The summed E-state index contributed by atoms with van der Waals surface area (Å²) < 4.78 is 0. The smallest absolute Gasteiger partial charge is 0.269 e. The number of carbonyl (C=O) groups excluding carboxylic acids is 1. The van der Waals surface area contributed by atoms with Crippen molar-refractivity contribution in [2.45, 2.75) is 13.3 Å². The fourth-order valence-corrected chi connectivity index (χ4v) is 1.64. The number of carbonyl (C=O) groups is 1. The highest BCUT2D eigenvalue weighted by Gasteiger charge is 2.20. The minimum Gasteiger partial charge on any atom is -0.330 e. The second kappa shape index (κ2) is 6.11. The van der Waals surface area contributed by atoms with E-state index < -0.39 is 4.92 Å². The molecule has 98 valence electrons. The number of benzene rings is 1. The van der Waals surface area contributed by atoms with Crippen molar-refractivity contribution in [2.24, 2.45) is 11.7 Å². The maximum absolute atomic E-state index is 12.0. The Morgan fingerprint density at radius 3 is 2.39 bits per heavy atom. The Hall–Kier alpha value is -1.95. The van der Waals surface area contributed by atoms with Crippen LogP contribution in [-0.4, -0.2) is 24.4 Å². The molecule has 0 saturated carbocycles. The summed E-state index contributed by atoms with van der Waals surface area (Å²) in [4.78, 5) is 23.6. The van der Waals surface area contributed by atoms with E-state index in [1.165, 1.54) is 17.0 Å². The van der Waals surface area contributed by atoms with Crippen LogP contribution in [0.15, 0.2) is 24.3 Å². The Morgan fingerprint density at radius 2 is 2.00 bits per heavy atom. The van der Waals surface area contributed by atoms with Gasteiger partial charge < -0.3 is 10.6 Å². The summed E-state index contributed by atoms with van der Waals surface area (Å²) >= 11 is 0. The van der Waals surface area contributed by atoms with Gasteiger partial charge in [0.2, 0.25) is 5.91 Å². The van der Waals surface area contributed by atoms with Crippen molar-refractivity contribution in [2.75, 3.05) is 18.5 Å². The van der Waals surface area contributed by atoms with Crippen molar-refractivity contribution in [3.8, 4) is 0 Å². The Morgan fingerprint density at radius 1 is 1.44 bits per heavy atom. The molecule has 0 aliphatic carbocycles. The number of hydrogen-bond donors (Lipinski definition) is 1. The van der Waals surface area contributed by atoms with Crippen molar-refractivity contribution in [1.29, 1.82) is 0 Å². The zero-order chi connectivity index (χ0) is 13.7. The second-order valence-corrected chi connectivity index (χ2v) is 4.01. The van der Waals surface area contributed by atoms with E-state index in [1.54, 1.807) is 19.2 Å². The van der Waals surface area contributed by atoms with Gasteiger partial charge in [0.05, 0.1) is 10.8 Å². The van der Waals surface area contributed by atoms with E-state index in [-0.39, 0.29) is 17.5 Å². The Labute approximate surface area is 106 Å². The molecule has 1 unspecified atom stereocenters. The zero-order valence-corrected chi connectivity index (χ0v) is 10.5. The lowest BCUT2D eigenvalue weighted by Crippen LogP contribution is -2.36. The molecule has 1 rings (SSSR count). The number of rotatable bonds is 5. The van der Waals surface area contributed by atoms with E-state index in [0.717, 1.165) is 0 Å². The average molecular weight is 251 g/mol. The molecule has 0 fully saturated rings. The molecule has 0 aliphatic rings. The third-order valence-corrected chi connectivity index (χ3v) is 2.90. The Bertz CT molecular complexity index is 427. The minimum atomic E-state index is -0.472. The first kappa shape index (κ1) is 14.1. The van der Waals surface area contributed by atoms with Crippen molar-refractivity contribution < 1.29 is 9.72 Å². The predicted octanol–water partition coefficient (Wildman–Crippen LogP) is 1.54. The van der Waals surface area contributed by atoms with Gasteiger partial charge in [-0.3, -0.25) is 14.9 Å². The molecule has 0 saturated heterocycles. The van der Waals surface area contributed by atoms with E-state index in [1.807, 2.05) is 6.92 Å². The predicted molar refractivity (Wildman–Crippen MR) is 69.3 cm³/mol. The van der Waals surface area contributed by atoms with E-state index in [4.69, 9.17) is 5.73 Å². The van der Waals surface area contributed by atoms with E-state index in [2.05, 4.69) is 0 Å². The third-order valence-electron chi connectivity index (χ3n) is 2.90. The molecule has 1 aromatic carbocycles. The van der Waals surface area contributed by atoms with Gasteiger partial charge >= 0.3 is 0 Å². The summed E-state index contributed by atoms with van der Waals surface area (Å²) in [5.41, 5.74) is 6.15. The van der Waals surface area contributed by atoms with Crippen LogP contribution in [0.1, 0.15) is 13.3 Å². The van der Waals surface area contributed by atoms with Gasteiger partial charge in [-0.25, -0.2) is 0 Å². The molecule has 1 aromatic rings. The number of nitro groups is 1. The first-order chi connectivity index (χ1) is 8.51. The fourth-order valence-electron chi connectivity index (χ4n) is 1.64. The van der Waals surface area contributed by atoms with Gasteiger partial charge in [0, 0.05) is 31.4 Å². The molecule has 0 heterocycles. The summed E-state index contributed by atoms with van der Waals surface area (Å²) in [6, 6.07) is 5.86. The molecular weight excluding hydrogens is 234 g/mol. The summed E-state index contributed by atoms with van der Waals surface area (Å²) in [5, 5.41) is 10.5. The van der Waals surface area contributed by atoms with Crippen LogP contribution >= 0.6 is 0 Å². The Balaban J connectivity index is 2.86. The summed E-state index contributed by atoms with van der Waals surface area (Å²) in [5.74, 6) is -0.293. The van der Waals surface area contributed by atoms with Gasteiger partial charge in [-0.05, 0) is 18.6 Å². The van der Waals surface area contributed by atoms with Crippen molar-refractivity contribution in [3.63, 3.8) is 0 Å². The van der Waals surface area contributed by atoms with Crippen LogP contribution in [0.4, 0.5) is 11.4 Å². The van der Waals surface area contributed by atoms with Crippen LogP contribution in [0.5, 0.6) is 0 Å². The minimum absolute atomic E-state index is 0.00506. The maximum Gasteiger partial charge on any atom is 0.269 e. The largest absolute Gasteiger partial charge is 0.330 e. The van der Waals surface area contributed by atoms with Crippen LogP contribution in [-0.2, 0) is 4.79 Å². The van der Waals surface area contributed by atoms with Crippen molar-refractivity contribution in [3.05, 3.63) is 34.4 Å². The highest BCUT2D eigenvalue weighted by atomic mass is 16.6. The molecular formula is C12H17N3O3. The highest BCUT2D eigenvalue weighted by Crippen LogP contribution is 2.20. The molecule has 6 nitrogen and oxygen atoms in total. The van der Waals surface area contributed by atoms with Gasteiger partial charge in [0.1, 0.15) is 0 Å². The van der Waals surface area contributed by atoms with Crippen molar-refractivity contribution >= 4 is 17.3 Å². The number of nitro benzene ring substituents is 1. The lowest BCUT2D eigenvalue weighted by atomic mass is 10.1. The fraction of sp³-hybridized carbons (Fsp3) is 0.417. The zero-order valence-electron chi connectivity index (χ0n) is 10.5. The average Bonchev–Trinajstić information content (AvgIpc) is 2.39. The molecule has 0 spiro atoms. The summed E-state index contributed by atoms with van der Waals surface area (Å²) in [7, 11) is 1.64. The van der Waals surface area contributed by atoms with Gasteiger partial charge in [-0.15, -0.1) is 0 Å². The number of nitrogens with two attached hydrogens (primary N) is 1. The molecule has 2 N–H and O–H groups in total.